The minimum Gasteiger partial charge on any atom is -0.462 e. The van der Waals surface area contributed by atoms with Gasteiger partial charge in [0.25, 0.3) is 0 Å². The third-order valence-electron chi connectivity index (χ3n) is 12.5. The maximum absolute atomic E-state index is 12.8. The standard InChI is InChI=1S/C56H106O6/c1-4-7-10-13-16-19-22-24-26-28-30-31-34-37-40-43-46-49-55(58)61-52-53(51-60-54(57)48-45-42-39-36-33-21-18-15-12-9-6-3)62-56(59)50-47-44-41-38-35-32-29-27-25-23-20-17-14-11-8-5-2/h27,29,53H,4-26,28,30-52H2,1-3H3/b29-27-. The van der Waals surface area contributed by atoms with E-state index in [0.717, 1.165) is 64.2 Å². The lowest BCUT2D eigenvalue weighted by Gasteiger charge is -2.18. The summed E-state index contributed by atoms with van der Waals surface area (Å²) < 4.78 is 16.8. The minimum absolute atomic E-state index is 0.0677. The van der Waals surface area contributed by atoms with E-state index in [1.54, 1.807) is 0 Å². The zero-order chi connectivity index (χ0) is 45.1. The molecule has 1 unspecified atom stereocenters. The van der Waals surface area contributed by atoms with Crippen molar-refractivity contribution < 1.29 is 28.6 Å². The van der Waals surface area contributed by atoms with Crippen LogP contribution in [-0.2, 0) is 28.6 Å². The highest BCUT2D eigenvalue weighted by Crippen LogP contribution is 2.17. The maximum atomic E-state index is 12.8. The Bertz CT molecular complexity index is 962. The van der Waals surface area contributed by atoms with E-state index in [-0.39, 0.29) is 31.1 Å². The number of esters is 3. The quantitative estimate of drug-likeness (QED) is 0.0262. The van der Waals surface area contributed by atoms with Crippen LogP contribution in [0.4, 0.5) is 0 Å². The average molecular weight is 875 g/mol. The number of carbonyl (C=O) groups is 3. The Hall–Kier alpha value is -1.85. The number of carbonyl (C=O) groups excluding carboxylic acids is 3. The van der Waals surface area contributed by atoms with Gasteiger partial charge in [-0.25, -0.2) is 0 Å². The molecular formula is C56H106O6. The fraction of sp³-hybridized carbons (Fsp3) is 0.911. The van der Waals surface area contributed by atoms with E-state index < -0.39 is 6.10 Å². The Kier molecular flexibility index (Phi) is 50.2. The van der Waals surface area contributed by atoms with Crippen molar-refractivity contribution in [3.63, 3.8) is 0 Å². The monoisotopic (exact) mass is 875 g/mol. The first kappa shape index (κ1) is 60.2. The molecule has 0 aliphatic heterocycles. The van der Waals surface area contributed by atoms with Crippen molar-refractivity contribution in [3.8, 4) is 0 Å². The Balaban J connectivity index is 4.30. The van der Waals surface area contributed by atoms with Crippen molar-refractivity contribution in [2.75, 3.05) is 13.2 Å². The van der Waals surface area contributed by atoms with Crippen molar-refractivity contribution in [3.05, 3.63) is 12.2 Å². The number of hydrogen-bond donors (Lipinski definition) is 0. The van der Waals surface area contributed by atoms with Crippen molar-refractivity contribution in [1.82, 2.24) is 0 Å². The lowest BCUT2D eigenvalue weighted by molar-refractivity contribution is -0.167. The van der Waals surface area contributed by atoms with Crippen LogP contribution in [0.25, 0.3) is 0 Å². The third kappa shape index (κ3) is 49.2. The Morgan fingerprint density at radius 2 is 0.532 bits per heavy atom. The van der Waals surface area contributed by atoms with E-state index in [4.69, 9.17) is 14.2 Å². The molecule has 366 valence electrons. The SMILES string of the molecule is CCCCCCCCC/C=C\CCCCCCCC(=O)OC(COC(=O)CCCCCCCCCCCCC)COC(=O)CCCCCCCCCCCCCCCCCCC. The van der Waals surface area contributed by atoms with Gasteiger partial charge in [0.1, 0.15) is 13.2 Å². The van der Waals surface area contributed by atoms with Gasteiger partial charge in [0.15, 0.2) is 6.10 Å². The van der Waals surface area contributed by atoms with Crippen LogP contribution in [0, 0.1) is 0 Å². The van der Waals surface area contributed by atoms with Crippen LogP contribution in [0.3, 0.4) is 0 Å². The molecular weight excluding hydrogens is 769 g/mol. The molecule has 6 heteroatoms. The normalized spacial score (nSPS) is 12.0. The zero-order valence-corrected chi connectivity index (χ0v) is 41.9. The van der Waals surface area contributed by atoms with Gasteiger partial charge in [-0.2, -0.15) is 0 Å². The number of ether oxygens (including phenoxy) is 3. The fourth-order valence-electron chi connectivity index (χ4n) is 8.32. The Morgan fingerprint density at radius 3 is 0.806 bits per heavy atom. The highest BCUT2D eigenvalue weighted by molar-refractivity contribution is 5.71. The summed E-state index contributed by atoms with van der Waals surface area (Å²) in [6.45, 7) is 6.67. The average Bonchev–Trinajstić information content (AvgIpc) is 3.27. The van der Waals surface area contributed by atoms with Gasteiger partial charge < -0.3 is 14.2 Å². The van der Waals surface area contributed by atoms with Gasteiger partial charge in [0.2, 0.25) is 0 Å². The second-order valence-electron chi connectivity index (χ2n) is 18.9. The molecule has 0 aliphatic rings. The van der Waals surface area contributed by atoms with Crippen LogP contribution < -0.4 is 0 Å². The van der Waals surface area contributed by atoms with Crippen LogP contribution in [0.2, 0.25) is 0 Å². The van der Waals surface area contributed by atoms with Crippen molar-refractivity contribution in [1.29, 1.82) is 0 Å². The van der Waals surface area contributed by atoms with Gasteiger partial charge in [-0.3, -0.25) is 14.4 Å². The van der Waals surface area contributed by atoms with Gasteiger partial charge in [-0.05, 0) is 44.9 Å². The molecule has 0 saturated carbocycles. The fourth-order valence-corrected chi connectivity index (χ4v) is 8.32. The number of allylic oxidation sites excluding steroid dienone is 2. The molecule has 0 bridgehead atoms. The van der Waals surface area contributed by atoms with Gasteiger partial charge in [0, 0.05) is 19.3 Å². The second kappa shape index (κ2) is 51.8. The number of hydrogen-bond acceptors (Lipinski definition) is 6. The van der Waals surface area contributed by atoms with Crippen LogP contribution in [0.1, 0.15) is 310 Å². The van der Waals surface area contributed by atoms with E-state index >= 15 is 0 Å². The molecule has 1 atom stereocenters. The van der Waals surface area contributed by atoms with Crippen LogP contribution in [0.5, 0.6) is 0 Å². The van der Waals surface area contributed by atoms with Crippen molar-refractivity contribution in [2.24, 2.45) is 0 Å². The van der Waals surface area contributed by atoms with E-state index in [0.29, 0.717) is 19.3 Å². The highest BCUT2D eigenvalue weighted by atomic mass is 16.6. The predicted octanol–water partition coefficient (Wildman–Crippen LogP) is 18.2. The highest BCUT2D eigenvalue weighted by Gasteiger charge is 2.19. The molecule has 6 nitrogen and oxygen atoms in total. The molecule has 0 saturated heterocycles. The largest absolute Gasteiger partial charge is 0.462 e. The molecule has 0 radical (unpaired) electrons. The molecule has 0 rings (SSSR count). The number of unbranched alkanes of at least 4 members (excludes halogenated alkanes) is 38. The summed E-state index contributed by atoms with van der Waals surface area (Å²) in [5, 5.41) is 0. The van der Waals surface area contributed by atoms with Gasteiger partial charge in [-0.15, -0.1) is 0 Å². The first-order chi connectivity index (χ1) is 30.5. The topological polar surface area (TPSA) is 78.9 Å². The summed E-state index contributed by atoms with van der Waals surface area (Å²) in [6, 6.07) is 0. The number of rotatable bonds is 51. The lowest BCUT2D eigenvalue weighted by atomic mass is 10.0. The first-order valence-electron chi connectivity index (χ1n) is 27.7. The second-order valence-corrected chi connectivity index (χ2v) is 18.9. The van der Waals surface area contributed by atoms with Gasteiger partial charge >= 0.3 is 17.9 Å². The van der Waals surface area contributed by atoms with Crippen molar-refractivity contribution in [2.45, 2.75) is 316 Å². The van der Waals surface area contributed by atoms with Crippen LogP contribution in [-0.4, -0.2) is 37.2 Å². The molecule has 0 fully saturated rings. The molecule has 0 N–H and O–H groups in total. The summed E-state index contributed by atoms with van der Waals surface area (Å²) in [5.74, 6) is -0.856. The van der Waals surface area contributed by atoms with E-state index in [2.05, 4.69) is 32.9 Å². The Morgan fingerprint density at radius 1 is 0.306 bits per heavy atom. The first-order valence-corrected chi connectivity index (χ1v) is 27.7. The summed E-state index contributed by atoms with van der Waals surface area (Å²) in [5.41, 5.74) is 0. The molecule has 0 aliphatic carbocycles. The molecule has 0 aromatic rings. The summed E-state index contributed by atoms with van der Waals surface area (Å²) >= 11 is 0. The molecule has 0 heterocycles. The zero-order valence-electron chi connectivity index (χ0n) is 41.9. The molecule has 62 heavy (non-hydrogen) atoms. The van der Waals surface area contributed by atoms with Gasteiger partial charge in [-0.1, -0.05) is 258 Å². The summed E-state index contributed by atoms with van der Waals surface area (Å²) in [6.07, 6.45) is 57.7. The lowest BCUT2D eigenvalue weighted by Crippen LogP contribution is -2.30. The van der Waals surface area contributed by atoms with E-state index in [1.165, 1.54) is 205 Å². The molecule has 0 aromatic heterocycles. The maximum Gasteiger partial charge on any atom is 0.306 e. The van der Waals surface area contributed by atoms with Crippen LogP contribution in [0.15, 0.2) is 12.2 Å². The minimum atomic E-state index is -0.767. The Labute approximate surface area is 386 Å². The van der Waals surface area contributed by atoms with E-state index in [1.807, 2.05) is 0 Å². The van der Waals surface area contributed by atoms with Crippen molar-refractivity contribution >= 4 is 17.9 Å². The van der Waals surface area contributed by atoms with Crippen LogP contribution >= 0.6 is 0 Å². The van der Waals surface area contributed by atoms with E-state index in [9.17, 15) is 14.4 Å². The predicted molar refractivity (Wildman–Crippen MR) is 266 cm³/mol. The van der Waals surface area contributed by atoms with Gasteiger partial charge in [0.05, 0.1) is 0 Å². The third-order valence-corrected chi connectivity index (χ3v) is 12.5. The molecule has 0 aromatic carbocycles. The summed E-state index contributed by atoms with van der Waals surface area (Å²) in [7, 11) is 0. The smallest absolute Gasteiger partial charge is 0.306 e. The molecule has 0 amide bonds. The molecule has 0 spiro atoms. The summed E-state index contributed by atoms with van der Waals surface area (Å²) in [4.78, 5) is 38.0.